The molecular formula is C22H29FN4O2. The molecule has 6 nitrogen and oxygen atoms in total. The van der Waals surface area contributed by atoms with Crippen molar-refractivity contribution in [1.29, 1.82) is 0 Å². The zero-order chi connectivity index (χ0) is 21.1. The van der Waals surface area contributed by atoms with Crippen molar-refractivity contribution in [2.45, 2.75) is 65.5 Å². The number of aromatic nitrogens is 2. The average Bonchev–Trinajstić information content (AvgIpc) is 2.96. The van der Waals surface area contributed by atoms with Gasteiger partial charge in [-0.15, -0.1) is 0 Å². The van der Waals surface area contributed by atoms with Crippen molar-refractivity contribution in [3.05, 3.63) is 47.0 Å². The number of benzene rings is 1. The maximum Gasteiger partial charge on any atom is 0.255 e. The topological polar surface area (TPSA) is 76.0 Å². The number of nitrogens with one attached hydrogen (secondary N) is 2. The lowest BCUT2D eigenvalue weighted by molar-refractivity contribution is -0.126. The Morgan fingerprint density at radius 1 is 1.17 bits per heavy atom. The lowest BCUT2D eigenvalue weighted by Gasteiger charge is -2.29. The minimum absolute atomic E-state index is 0.0351. The van der Waals surface area contributed by atoms with Gasteiger partial charge < -0.3 is 10.6 Å². The first-order valence-corrected chi connectivity index (χ1v) is 10.2. The van der Waals surface area contributed by atoms with E-state index < -0.39 is 0 Å². The van der Waals surface area contributed by atoms with E-state index in [1.165, 1.54) is 12.1 Å². The third-order valence-corrected chi connectivity index (χ3v) is 5.40. The fourth-order valence-corrected chi connectivity index (χ4v) is 4.02. The first kappa shape index (κ1) is 21.0. The van der Waals surface area contributed by atoms with Crippen molar-refractivity contribution in [2.75, 3.05) is 0 Å². The molecule has 7 heteroatoms. The number of nitrogens with zero attached hydrogens (tertiary/aromatic N) is 2. The zero-order valence-electron chi connectivity index (χ0n) is 17.5. The summed E-state index contributed by atoms with van der Waals surface area (Å²) in [7, 11) is 0. The molecule has 1 aliphatic carbocycles. The molecule has 1 aliphatic rings. The highest BCUT2D eigenvalue weighted by Gasteiger charge is 2.29. The van der Waals surface area contributed by atoms with Crippen LogP contribution in [0.2, 0.25) is 0 Å². The molecule has 0 bridgehead atoms. The molecule has 0 radical (unpaired) electrons. The summed E-state index contributed by atoms with van der Waals surface area (Å²) in [5, 5.41) is 10.5. The highest BCUT2D eigenvalue weighted by Crippen LogP contribution is 2.26. The molecule has 1 saturated carbocycles. The number of carbonyl (C=O) groups excluding carboxylic acids is 2. The minimum Gasteiger partial charge on any atom is -0.354 e. The van der Waals surface area contributed by atoms with Crippen LogP contribution in [0.15, 0.2) is 24.3 Å². The Morgan fingerprint density at radius 2 is 1.86 bits per heavy atom. The van der Waals surface area contributed by atoms with Crippen LogP contribution in [0.3, 0.4) is 0 Å². The van der Waals surface area contributed by atoms with E-state index in [4.69, 9.17) is 0 Å². The molecule has 2 atom stereocenters. The average molecular weight is 400 g/mol. The zero-order valence-corrected chi connectivity index (χ0v) is 17.5. The van der Waals surface area contributed by atoms with Crippen LogP contribution < -0.4 is 10.6 Å². The maximum atomic E-state index is 13.2. The summed E-state index contributed by atoms with van der Waals surface area (Å²) >= 11 is 0. The number of hydrogen-bond acceptors (Lipinski definition) is 3. The number of amides is 2. The van der Waals surface area contributed by atoms with Crippen molar-refractivity contribution >= 4 is 11.8 Å². The molecule has 2 N–H and O–H groups in total. The predicted molar refractivity (Wildman–Crippen MR) is 109 cm³/mol. The van der Waals surface area contributed by atoms with E-state index >= 15 is 0 Å². The second kappa shape index (κ2) is 8.76. The maximum absolute atomic E-state index is 13.2. The number of halogens is 1. The van der Waals surface area contributed by atoms with Crippen molar-refractivity contribution in [3.8, 4) is 5.69 Å². The minimum atomic E-state index is -0.318. The van der Waals surface area contributed by atoms with Gasteiger partial charge >= 0.3 is 0 Å². The van der Waals surface area contributed by atoms with Crippen LogP contribution in [0.5, 0.6) is 0 Å². The Bertz CT molecular complexity index is 889. The number of rotatable bonds is 5. The summed E-state index contributed by atoms with van der Waals surface area (Å²) in [6, 6.07) is 6.09. The second-order valence-corrected chi connectivity index (χ2v) is 8.13. The summed E-state index contributed by atoms with van der Waals surface area (Å²) in [4.78, 5) is 25.3. The highest BCUT2D eigenvalue weighted by molar-refractivity contribution is 5.96. The van der Waals surface area contributed by atoms with Gasteiger partial charge in [0, 0.05) is 18.0 Å². The van der Waals surface area contributed by atoms with Crippen LogP contribution >= 0.6 is 0 Å². The largest absolute Gasteiger partial charge is 0.354 e. The monoisotopic (exact) mass is 400 g/mol. The smallest absolute Gasteiger partial charge is 0.255 e. The van der Waals surface area contributed by atoms with E-state index in [-0.39, 0.29) is 35.6 Å². The fourth-order valence-electron chi connectivity index (χ4n) is 4.02. The quantitative estimate of drug-likeness (QED) is 0.807. The van der Waals surface area contributed by atoms with Gasteiger partial charge in [0.1, 0.15) is 5.82 Å². The Kier molecular flexibility index (Phi) is 6.35. The van der Waals surface area contributed by atoms with Gasteiger partial charge in [-0.3, -0.25) is 9.59 Å². The van der Waals surface area contributed by atoms with Crippen LogP contribution in [0.25, 0.3) is 5.69 Å². The van der Waals surface area contributed by atoms with E-state index in [1.54, 1.807) is 23.7 Å². The van der Waals surface area contributed by atoms with Crippen LogP contribution in [-0.2, 0) is 4.79 Å². The normalized spacial score (nSPS) is 19.2. The first-order valence-electron chi connectivity index (χ1n) is 10.2. The Labute approximate surface area is 170 Å². The van der Waals surface area contributed by atoms with Crippen molar-refractivity contribution in [3.63, 3.8) is 0 Å². The molecule has 0 spiro atoms. The van der Waals surface area contributed by atoms with Gasteiger partial charge in [0.05, 0.1) is 22.6 Å². The second-order valence-electron chi connectivity index (χ2n) is 8.13. The molecule has 2 aromatic rings. The first-order chi connectivity index (χ1) is 13.8. The highest BCUT2D eigenvalue weighted by atomic mass is 19.1. The standard InChI is InChI=1S/C22H29FN4O2/c1-13(2)24-21(28)16-6-5-7-18(12-16)25-22(29)20-14(3)26-27(15(20)4)19-10-8-17(23)9-11-19/h8-11,13,16,18H,5-7,12H2,1-4H3,(H,24,28)(H,25,29). The summed E-state index contributed by atoms with van der Waals surface area (Å²) in [6.45, 7) is 7.52. The van der Waals surface area contributed by atoms with E-state index in [1.807, 2.05) is 20.8 Å². The van der Waals surface area contributed by atoms with Crippen LogP contribution in [0.4, 0.5) is 4.39 Å². The lowest BCUT2D eigenvalue weighted by Crippen LogP contribution is -2.44. The fraction of sp³-hybridized carbons (Fsp3) is 0.500. The number of aryl methyl sites for hydroxylation is 1. The van der Waals surface area contributed by atoms with E-state index in [9.17, 15) is 14.0 Å². The molecular weight excluding hydrogens is 371 g/mol. The van der Waals surface area contributed by atoms with Crippen molar-refractivity contribution in [2.24, 2.45) is 5.92 Å². The summed E-state index contributed by atoms with van der Waals surface area (Å²) in [6.07, 6.45) is 3.27. The Hall–Kier alpha value is -2.70. The number of hydrogen-bond donors (Lipinski definition) is 2. The third kappa shape index (κ3) is 4.83. The van der Waals surface area contributed by atoms with Crippen LogP contribution in [0, 0.1) is 25.6 Å². The van der Waals surface area contributed by atoms with Crippen molar-refractivity contribution < 1.29 is 14.0 Å². The molecule has 29 heavy (non-hydrogen) atoms. The molecule has 3 rings (SSSR count). The van der Waals surface area contributed by atoms with Gasteiger partial charge in [-0.05, 0) is 71.2 Å². The van der Waals surface area contributed by atoms with Gasteiger partial charge in [-0.1, -0.05) is 6.42 Å². The molecule has 0 aliphatic heterocycles. The van der Waals surface area contributed by atoms with E-state index in [2.05, 4.69) is 15.7 Å². The molecule has 0 saturated heterocycles. The SMILES string of the molecule is Cc1nn(-c2ccc(F)cc2)c(C)c1C(=O)NC1CCCC(C(=O)NC(C)C)C1. The summed E-state index contributed by atoms with van der Waals surface area (Å²) < 4.78 is 14.9. The van der Waals surface area contributed by atoms with Gasteiger partial charge in [0.15, 0.2) is 0 Å². The Balaban J connectivity index is 1.72. The van der Waals surface area contributed by atoms with E-state index in [0.717, 1.165) is 19.3 Å². The molecule has 1 heterocycles. The van der Waals surface area contributed by atoms with Crippen LogP contribution in [0.1, 0.15) is 61.3 Å². The van der Waals surface area contributed by atoms with Gasteiger partial charge in [0.25, 0.3) is 5.91 Å². The van der Waals surface area contributed by atoms with Gasteiger partial charge in [-0.25, -0.2) is 9.07 Å². The van der Waals surface area contributed by atoms with Crippen LogP contribution in [-0.4, -0.2) is 33.7 Å². The molecule has 2 amide bonds. The molecule has 1 aromatic heterocycles. The molecule has 2 unspecified atom stereocenters. The molecule has 1 aromatic carbocycles. The van der Waals surface area contributed by atoms with E-state index in [0.29, 0.717) is 29.1 Å². The summed E-state index contributed by atoms with van der Waals surface area (Å²) in [5.41, 5.74) is 2.56. The van der Waals surface area contributed by atoms with Gasteiger partial charge in [-0.2, -0.15) is 5.10 Å². The molecule has 156 valence electrons. The summed E-state index contributed by atoms with van der Waals surface area (Å²) in [5.74, 6) is -0.499. The van der Waals surface area contributed by atoms with Gasteiger partial charge in [0.2, 0.25) is 5.91 Å². The predicted octanol–water partition coefficient (Wildman–Crippen LogP) is 3.44. The lowest BCUT2D eigenvalue weighted by atomic mass is 9.85. The third-order valence-electron chi connectivity index (χ3n) is 5.40. The molecule has 1 fully saturated rings. The number of carbonyl (C=O) groups is 2. The Morgan fingerprint density at radius 3 is 2.52 bits per heavy atom. The van der Waals surface area contributed by atoms with Crippen molar-refractivity contribution in [1.82, 2.24) is 20.4 Å².